The fourth-order valence-electron chi connectivity index (χ4n) is 2.48. The first-order valence-corrected chi connectivity index (χ1v) is 7.87. The van der Waals surface area contributed by atoms with Crippen molar-refractivity contribution in [1.29, 1.82) is 0 Å². The van der Waals surface area contributed by atoms with Crippen LogP contribution in [0.25, 0.3) is 17.0 Å². The number of hydrogen-bond donors (Lipinski definition) is 1. The molecule has 1 heterocycles. The number of para-hydroxylation sites is 1. The van der Waals surface area contributed by atoms with Crippen molar-refractivity contribution in [1.82, 2.24) is 0 Å². The summed E-state index contributed by atoms with van der Waals surface area (Å²) in [4.78, 5) is 12.4. The summed E-state index contributed by atoms with van der Waals surface area (Å²) in [6, 6.07) is 12.1. The molecule has 1 N–H and O–H groups in total. The maximum atomic E-state index is 12.4. The maximum absolute atomic E-state index is 12.4. The number of hydrogen-bond acceptors (Lipinski definition) is 5. The molecule has 0 saturated heterocycles. The van der Waals surface area contributed by atoms with Crippen LogP contribution in [0.4, 0.5) is 0 Å². The van der Waals surface area contributed by atoms with Gasteiger partial charge in [0.2, 0.25) is 5.78 Å². The van der Waals surface area contributed by atoms with Crippen LogP contribution in [0.2, 0.25) is 0 Å². The molecule has 128 valence electrons. The minimum absolute atomic E-state index is 0.0645. The Morgan fingerprint density at radius 2 is 2.04 bits per heavy atom. The second kappa shape index (κ2) is 7.13. The molecule has 0 aliphatic heterocycles. The van der Waals surface area contributed by atoms with E-state index in [1.54, 1.807) is 37.5 Å². The van der Waals surface area contributed by atoms with Gasteiger partial charge in [-0.2, -0.15) is 0 Å². The van der Waals surface area contributed by atoms with Crippen molar-refractivity contribution in [3.63, 3.8) is 0 Å². The number of ether oxygens (including phenoxy) is 2. The second-order valence-electron chi connectivity index (χ2n) is 5.35. The number of methoxy groups -OCH3 is 1. The summed E-state index contributed by atoms with van der Waals surface area (Å²) in [5, 5.41) is 10.5. The van der Waals surface area contributed by atoms with Gasteiger partial charge in [0.1, 0.15) is 0 Å². The largest absolute Gasteiger partial charge is 0.504 e. The molecule has 3 aromatic rings. The molecule has 3 rings (SSSR count). The van der Waals surface area contributed by atoms with E-state index in [2.05, 4.69) is 0 Å². The van der Waals surface area contributed by atoms with E-state index in [9.17, 15) is 9.90 Å². The Hall–Kier alpha value is -3.21. The van der Waals surface area contributed by atoms with Crippen LogP contribution in [0.15, 0.2) is 53.0 Å². The first-order valence-electron chi connectivity index (χ1n) is 7.87. The molecule has 2 aromatic carbocycles. The van der Waals surface area contributed by atoms with E-state index in [0.29, 0.717) is 23.7 Å². The van der Waals surface area contributed by atoms with Crippen LogP contribution in [0.3, 0.4) is 0 Å². The van der Waals surface area contributed by atoms with Gasteiger partial charge in [-0.25, -0.2) is 0 Å². The summed E-state index contributed by atoms with van der Waals surface area (Å²) in [6.07, 6.45) is 3.07. The second-order valence-corrected chi connectivity index (χ2v) is 5.35. The number of phenolic OH excluding ortho intramolecular Hbond substituents is 1. The van der Waals surface area contributed by atoms with E-state index in [1.165, 1.54) is 12.1 Å². The van der Waals surface area contributed by atoms with Gasteiger partial charge >= 0.3 is 0 Å². The summed E-state index contributed by atoms with van der Waals surface area (Å²) >= 11 is 0. The Kier molecular flexibility index (Phi) is 4.75. The first kappa shape index (κ1) is 16.6. The van der Waals surface area contributed by atoms with E-state index in [1.807, 2.05) is 19.1 Å². The quantitative estimate of drug-likeness (QED) is 0.531. The number of phenols is 1. The lowest BCUT2D eigenvalue weighted by Gasteiger charge is -2.06. The third-order valence-corrected chi connectivity index (χ3v) is 3.68. The molecule has 0 bridgehead atoms. The number of rotatable bonds is 6. The maximum Gasteiger partial charge on any atom is 0.221 e. The Labute approximate surface area is 145 Å². The van der Waals surface area contributed by atoms with Gasteiger partial charge in [-0.3, -0.25) is 4.79 Å². The Bertz CT molecular complexity index is 936. The number of carbonyl (C=O) groups is 1. The summed E-state index contributed by atoms with van der Waals surface area (Å²) in [6.45, 7) is 2.28. The molecule has 0 aliphatic rings. The molecular weight excluding hydrogens is 320 g/mol. The van der Waals surface area contributed by atoms with Crippen molar-refractivity contribution in [3.05, 3.63) is 59.9 Å². The fraction of sp³-hybridized carbons (Fsp3) is 0.150. The predicted molar refractivity (Wildman–Crippen MR) is 95.4 cm³/mol. The third-order valence-electron chi connectivity index (χ3n) is 3.68. The van der Waals surface area contributed by atoms with Gasteiger partial charge < -0.3 is 19.0 Å². The minimum Gasteiger partial charge on any atom is -0.504 e. The molecule has 0 fully saturated rings. The molecule has 0 radical (unpaired) electrons. The normalized spacial score (nSPS) is 11.1. The first-order chi connectivity index (χ1) is 12.1. The topological polar surface area (TPSA) is 68.9 Å². The zero-order chi connectivity index (χ0) is 17.8. The van der Waals surface area contributed by atoms with Crippen LogP contribution < -0.4 is 9.47 Å². The van der Waals surface area contributed by atoms with E-state index in [0.717, 1.165) is 10.9 Å². The van der Waals surface area contributed by atoms with E-state index in [-0.39, 0.29) is 17.3 Å². The summed E-state index contributed by atoms with van der Waals surface area (Å²) in [5.41, 5.74) is 1.29. The number of carbonyl (C=O) groups excluding carboxylic acids is 1. The summed E-state index contributed by atoms with van der Waals surface area (Å²) < 4.78 is 16.2. The molecule has 25 heavy (non-hydrogen) atoms. The van der Waals surface area contributed by atoms with Crippen molar-refractivity contribution in [3.8, 4) is 17.2 Å². The van der Waals surface area contributed by atoms with E-state index >= 15 is 0 Å². The van der Waals surface area contributed by atoms with Crippen LogP contribution in [-0.2, 0) is 0 Å². The van der Waals surface area contributed by atoms with Gasteiger partial charge in [-0.05, 0) is 42.8 Å². The van der Waals surface area contributed by atoms with Gasteiger partial charge in [0.25, 0.3) is 0 Å². The molecule has 0 unspecified atom stereocenters. The molecule has 0 spiro atoms. The molecular formula is C20H18O5. The summed E-state index contributed by atoms with van der Waals surface area (Å²) in [5.74, 6) is 1.00. The lowest BCUT2D eigenvalue weighted by Crippen LogP contribution is -1.93. The monoisotopic (exact) mass is 338 g/mol. The SMILES string of the molecule is CCOc1cc(/C=C/C(=O)c2cc3cccc(OC)c3o2)ccc1O. The highest BCUT2D eigenvalue weighted by Gasteiger charge is 2.12. The Morgan fingerprint density at radius 1 is 1.20 bits per heavy atom. The molecule has 5 heteroatoms. The van der Waals surface area contributed by atoms with Gasteiger partial charge in [0.15, 0.2) is 28.6 Å². The van der Waals surface area contributed by atoms with Crippen molar-refractivity contribution < 1.29 is 23.8 Å². The number of allylic oxidation sites excluding steroid dienone is 1. The summed E-state index contributed by atoms with van der Waals surface area (Å²) in [7, 11) is 1.56. The van der Waals surface area contributed by atoms with E-state index in [4.69, 9.17) is 13.9 Å². The van der Waals surface area contributed by atoms with Crippen LogP contribution in [0, 0.1) is 0 Å². The van der Waals surface area contributed by atoms with Gasteiger partial charge in [-0.1, -0.05) is 24.3 Å². The predicted octanol–water partition coefficient (Wildman–Crippen LogP) is 4.44. The number of fused-ring (bicyclic) bond motifs is 1. The standard InChI is InChI=1S/C20H18O5/c1-3-24-18-11-13(7-9-15(18)21)8-10-16(22)19-12-14-5-4-6-17(23-2)20(14)25-19/h4-12,21H,3H2,1-2H3/b10-8+. The highest BCUT2D eigenvalue weighted by Crippen LogP contribution is 2.29. The lowest BCUT2D eigenvalue weighted by atomic mass is 10.1. The molecule has 0 aliphatic carbocycles. The fourth-order valence-corrected chi connectivity index (χ4v) is 2.48. The zero-order valence-corrected chi connectivity index (χ0v) is 14.0. The average Bonchev–Trinajstić information content (AvgIpc) is 3.06. The van der Waals surface area contributed by atoms with Crippen LogP contribution in [0.1, 0.15) is 23.0 Å². The zero-order valence-electron chi connectivity index (χ0n) is 14.0. The highest BCUT2D eigenvalue weighted by molar-refractivity contribution is 6.07. The van der Waals surface area contributed by atoms with Gasteiger partial charge in [0, 0.05) is 5.39 Å². The number of aromatic hydroxyl groups is 1. The minimum atomic E-state index is -0.260. The van der Waals surface area contributed by atoms with E-state index < -0.39 is 0 Å². The van der Waals surface area contributed by atoms with Crippen LogP contribution in [0.5, 0.6) is 17.2 Å². The van der Waals surface area contributed by atoms with Gasteiger partial charge in [-0.15, -0.1) is 0 Å². The van der Waals surface area contributed by atoms with Crippen molar-refractivity contribution in [2.75, 3.05) is 13.7 Å². The molecule has 0 saturated carbocycles. The number of furan rings is 1. The average molecular weight is 338 g/mol. The Balaban J connectivity index is 1.84. The van der Waals surface area contributed by atoms with Gasteiger partial charge in [0.05, 0.1) is 13.7 Å². The van der Waals surface area contributed by atoms with Crippen molar-refractivity contribution in [2.45, 2.75) is 6.92 Å². The molecule has 0 amide bonds. The van der Waals surface area contributed by atoms with Crippen molar-refractivity contribution in [2.24, 2.45) is 0 Å². The number of ketones is 1. The molecule has 1 aromatic heterocycles. The lowest BCUT2D eigenvalue weighted by molar-refractivity contribution is 0.102. The van der Waals surface area contributed by atoms with Crippen molar-refractivity contribution >= 4 is 22.8 Å². The Morgan fingerprint density at radius 3 is 2.80 bits per heavy atom. The number of benzene rings is 2. The van der Waals surface area contributed by atoms with Crippen LogP contribution in [-0.4, -0.2) is 24.6 Å². The third kappa shape index (κ3) is 3.50. The van der Waals surface area contributed by atoms with Crippen LogP contribution >= 0.6 is 0 Å². The molecule has 0 atom stereocenters. The smallest absolute Gasteiger partial charge is 0.221 e. The highest BCUT2D eigenvalue weighted by atomic mass is 16.5. The molecule has 5 nitrogen and oxygen atoms in total.